The van der Waals surface area contributed by atoms with Crippen LogP contribution in [0.1, 0.15) is 19.8 Å². The molecule has 1 aromatic rings. The van der Waals surface area contributed by atoms with E-state index in [2.05, 4.69) is 17.2 Å². The second-order valence-corrected chi connectivity index (χ2v) is 4.02. The van der Waals surface area contributed by atoms with Gasteiger partial charge in [-0.1, -0.05) is 11.6 Å². The molecule has 0 fully saturated rings. The Morgan fingerprint density at radius 2 is 2.36 bits per heavy atom. The maximum atomic E-state index is 5.95. The van der Waals surface area contributed by atoms with Crippen LogP contribution in [-0.2, 0) is 0 Å². The first-order valence-electron chi connectivity index (χ1n) is 4.66. The molecule has 0 saturated carbocycles. The normalized spacial score (nSPS) is 12.5. The van der Waals surface area contributed by atoms with Gasteiger partial charge in [-0.3, -0.25) is 4.98 Å². The first kappa shape index (κ1) is 11.6. The van der Waals surface area contributed by atoms with E-state index in [0.29, 0.717) is 16.9 Å². The van der Waals surface area contributed by atoms with Crippen molar-refractivity contribution in [1.82, 2.24) is 4.98 Å². The summed E-state index contributed by atoms with van der Waals surface area (Å²) in [6.45, 7) is 2.11. The summed E-state index contributed by atoms with van der Waals surface area (Å²) in [4.78, 5) is 3.92. The molecule has 0 amide bonds. The van der Waals surface area contributed by atoms with Crippen molar-refractivity contribution in [3.63, 3.8) is 0 Å². The SMILES string of the molecule is CC(CCCCl)Nc1ccncc1Cl. The summed E-state index contributed by atoms with van der Waals surface area (Å²) >= 11 is 11.6. The Bertz CT molecular complexity index is 279. The molecule has 78 valence electrons. The lowest BCUT2D eigenvalue weighted by Crippen LogP contribution is -2.15. The maximum absolute atomic E-state index is 5.95. The van der Waals surface area contributed by atoms with Crippen molar-refractivity contribution in [2.24, 2.45) is 0 Å². The van der Waals surface area contributed by atoms with Crippen molar-refractivity contribution >= 4 is 28.9 Å². The molecular formula is C10H14Cl2N2. The quantitative estimate of drug-likeness (QED) is 0.786. The van der Waals surface area contributed by atoms with Crippen LogP contribution in [0, 0.1) is 0 Å². The van der Waals surface area contributed by atoms with Gasteiger partial charge in [0.15, 0.2) is 0 Å². The molecule has 1 aromatic heterocycles. The molecule has 1 heterocycles. The number of rotatable bonds is 5. The molecule has 2 nitrogen and oxygen atoms in total. The average Bonchev–Trinajstić information content (AvgIpc) is 2.18. The van der Waals surface area contributed by atoms with Crippen LogP contribution < -0.4 is 5.32 Å². The molecule has 0 spiro atoms. The summed E-state index contributed by atoms with van der Waals surface area (Å²) in [6.07, 6.45) is 5.42. The molecule has 0 aliphatic carbocycles. The third-order valence-electron chi connectivity index (χ3n) is 1.95. The van der Waals surface area contributed by atoms with Gasteiger partial charge in [0.05, 0.1) is 10.7 Å². The van der Waals surface area contributed by atoms with Gasteiger partial charge in [-0.15, -0.1) is 11.6 Å². The van der Waals surface area contributed by atoms with Crippen LogP contribution in [0.2, 0.25) is 5.02 Å². The van der Waals surface area contributed by atoms with E-state index in [4.69, 9.17) is 23.2 Å². The molecule has 0 aromatic carbocycles. The van der Waals surface area contributed by atoms with Gasteiger partial charge in [0.2, 0.25) is 0 Å². The zero-order valence-electron chi connectivity index (χ0n) is 8.13. The van der Waals surface area contributed by atoms with Gasteiger partial charge >= 0.3 is 0 Å². The van der Waals surface area contributed by atoms with E-state index in [1.165, 1.54) is 0 Å². The predicted octanol–water partition coefficient (Wildman–Crippen LogP) is 3.55. The zero-order chi connectivity index (χ0) is 10.4. The van der Waals surface area contributed by atoms with Crippen LogP contribution in [0.15, 0.2) is 18.5 Å². The summed E-state index contributed by atoms with van der Waals surface area (Å²) in [5, 5.41) is 3.97. The monoisotopic (exact) mass is 232 g/mol. The van der Waals surface area contributed by atoms with Crippen molar-refractivity contribution in [2.75, 3.05) is 11.2 Å². The van der Waals surface area contributed by atoms with E-state index < -0.39 is 0 Å². The molecular weight excluding hydrogens is 219 g/mol. The van der Waals surface area contributed by atoms with Crippen LogP contribution in [0.5, 0.6) is 0 Å². The van der Waals surface area contributed by atoms with Gasteiger partial charge in [-0.05, 0) is 25.8 Å². The highest BCUT2D eigenvalue weighted by atomic mass is 35.5. The third-order valence-corrected chi connectivity index (χ3v) is 2.51. The van der Waals surface area contributed by atoms with Crippen molar-refractivity contribution < 1.29 is 0 Å². The molecule has 1 N–H and O–H groups in total. The Morgan fingerprint density at radius 3 is 3.00 bits per heavy atom. The number of nitrogens with one attached hydrogen (secondary N) is 1. The van der Waals surface area contributed by atoms with Gasteiger partial charge in [-0.2, -0.15) is 0 Å². The molecule has 0 aliphatic rings. The highest BCUT2D eigenvalue weighted by molar-refractivity contribution is 6.33. The third kappa shape index (κ3) is 3.72. The first-order chi connectivity index (χ1) is 6.74. The largest absolute Gasteiger partial charge is 0.381 e. The van der Waals surface area contributed by atoms with Crippen LogP contribution in [-0.4, -0.2) is 16.9 Å². The van der Waals surface area contributed by atoms with E-state index in [0.717, 1.165) is 18.5 Å². The fraction of sp³-hybridized carbons (Fsp3) is 0.500. The molecule has 1 atom stereocenters. The zero-order valence-corrected chi connectivity index (χ0v) is 9.65. The van der Waals surface area contributed by atoms with E-state index in [1.54, 1.807) is 12.4 Å². The second-order valence-electron chi connectivity index (χ2n) is 3.23. The number of anilines is 1. The molecule has 0 radical (unpaired) electrons. The van der Waals surface area contributed by atoms with Crippen molar-refractivity contribution in [3.8, 4) is 0 Å². The molecule has 1 rings (SSSR count). The minimum atomic E-state index is 0.383. The fourth-order valence-electron chi connectivity index (χ4n) is 1.21. The summed E-state index contributed by atoms with van der Waals surface area (Å²) in [5.74, 6) is 0.704. The summed E-state index contributed by atoms with van der Waals surface area (Å²) < 4.78 is 0. The predicted molar refractivity (Wildman–Crippen MR) is 62.3 cm³/mol. The Balaban J connectivity index is 2.47. The molecule has 0 saturated heterocycles. The smallest absolute Gasteiger partial charge is 0.0820 e. The van der Waals surface area contributed by atoms with Crippen molar-refractivity contribution in [3.05, 3.63) is 23.5 Å². The second kappa shape index (κ2) is 6.10. The van der Waals surface area contributed by atoms with Gasteiger partial charge < -0.3 is 5.32 Å². The molecule has 0 bridgehead atoms. The van der Waals surface area contributed by atoms with E-state index in [-0.39, 0.29) is 0 Å². The lowest BCUT2D eigenvalue weighted by Gasteiger charge is -2.15. The van der Waals surface area contributed by atoms with Crippen molar-refractivity contribution in [2.45, 2.75) is 25.8 Å². The van der Waals surface area contributed by atoms with Gasteiger partial charge in [-0.25, -0.2) is 0 Å². The standard InChI is InChI=1S/C10H14Cl2N2/c1-8(3-2-5-11)14-10-4-6-13-7-9(10)12/h4,6-8H,2-3,5H2,1H3,(H,13,14). The maximum Gasteiger partial charge on any atom is 0.0820 e. The van der Waals surface area contributed by atoms with Crippen LogP contribution in [0.3, 0.4) is 0 Å². The van der Waals surface area contributed by atoms with Crippen LogP contribution >= 0.6 is 23.2 Å². The number of aromatic nitrogens is 1. The van der Waals surface area contributed by atoms with Crippen molar-refractivity contribution in [1.29, 1.82) is 0 Å². The summed E-state index contributed by atoms with van der Waals surface area (Å²) in [6, 6.07) is 2.26. The van der Waals surface area contributed by atoms with Gasteiger partial charge in [0.1, 0.15) is 0 Å². The molecule has 4 heteroatoms. The fourth-order valence-corrected chi connectivity index (χ4v) is 1.54. The van der Waals surface area contributed by atoms with Gasteiger partial charge in [0.25, 0.3) is 0 Å². The number of hydrogen-bond donors (Lipinski definition) is 1. The minimum absolute atomic E-state index is 0.383. The lowest BCUT2D eigenvalue weighted by atomic mass is 10.2. The van der Waals surface area contributed by atoms with Crippen LogP contribution in [0.25, 0.3) is 0 Å². The summed E-state index contributed by atoms with van der Waals surface area (Å²) in [7, 11) is 0. The Morgan fingerprint density at radius 1 is 1.57 bits per heavy atom. The van der Waals surface area contributed by atoms with E-state index in [1.807, 2.05) is 6.07 Å². The number of alkyl halides is 1. The Kier molecular flexibility index (Phi) is 5.05. The Hall–Kier alpha value is -0.470. The van der Waals surface area contributed by atoms with E-state index >= 15 is 0 Å². The van der Waals surface area contributed by atoms with Crippen LogP contribution in [0.4, 0.5) is 5.69 Å². The average molecular weight is 233 g/mol. The number of halogens is 2. The highest BCUT2D eigenvalue weighted by Gasteiger charge is 2.04. The lowest BCUT2D eigenvalue weighted by molar-refractivity contribution is 0.693. The first-order valence-corrected chi connectivity index (χ1v) is 5.57. The summed E-state index contributed by atoms with van der Waals surface area (Å²) in [5.41, 5.74) is 0.934. The number of nitrogens with zero attached hydrogens (tertiary/aromatic N) is 1. The minimum Gasteiger partial charge on any atom is -0.381 e. The molecule has 1 unspecified atom stereocenters. The number of hydrogen-bond acceptors (Lipinski definition) is 2. The molecule has 14 heavy (non-hydrogen) atoms. The Labute approximate surface area is 94.6 Å². The number of pyridine rings is 1. The topological polar surface area (TPSA) is 24.9 Å². The molecule has 0 aliphatic heterocycles. The van der Waals surface area contributed by atoms with E-state index in [9.17, 15) is 0 Å². The highest BCUT2D eigenvalue weighted by Crippen LogP contribution is 2.20. The van der Waals surface area contributed by atoms with Gasteiger partial charge in [0, 0.05) is 24.3 Å².